The van der Waals surface area contributed by atoms with Crippen LogP contribution in [0.15, 0.2) is 46.2 Å². The molecule has 9 heteroatoms. The van der Waals surface area contributed by atoms with Crippen molar-refractivity contribution in [2.24, 2.45) is 0 Å². The first kappa shape index (κ1) is 15.1. The quantitative estimate of drug-likeness (QED) is 0.331. The van der Waals surface area contributed by atoms with Crippen molar-refractivity contribution < 1.29 is 9.34 Å². The van der Waals surface area contributed by atoms with Gasteiger partial charge in [0.1, 0.15) is 5.76 Å². The van der Waals surface area contributed by atoms with Gasteiger partial charge in [0.2, 0.25) is 5.16 Å². The molecule has 0 bridgehead atoms. The molecule has 0 aliphatic heterocycles. The number of aryl methyl sites for hydroxylation is 1. The molecule has 0 fully saturated rings. The van der Waals surface area contributed by atoms with Crippen LogP contribution in [0.1, 0.15) is 11.3 Å². The van der Waals surface area contributed by atoms with E-state index in [0.717, 1.165) is 11.1 Å². The van der Waals surface area contributed by atoms with Gasteiger partial charge in [-0.3, -0.25) is 10.1 Å². The van der Waals surface area contributed by atoms with Crippen LogP contribution in [-0.4, -0.2) is 19.8 Å². The number of nitro benzene ring substituents is 1. The van der Waals surface area contributed by atoms with E-state index in [0.29, 0.717) is 22.5 Å². The van der Waals surface area contributed by atoms with Crippen molar-refractivity contribution in [2.75, 3.05) is 5.84 Å². The lowest BCUT2D eigenvalue weighted by Crippen LogP contribution is -2.11. The molecular formula is C14H13N5O3S. The number of aromatic nitrogens is 3. The fraction of sp³-hybridized carbons (Fsp3) is 0.143. The molecule has 2 heterocycles. The minimum Gasteiger partial charge on any atom is -0.469 e. The number of nitrogens with two attached hydrogens (primary N) is 1. The Morgan fingerprint density at radius 2 is 2.22 bits per heavy atom. The summed E-state index contributed by atoms with van der Waals surface area (Å²) in [6.45, 7) is 1.82. The minimum atomic E-state index is -0.417. The average Bonchev–Trinajstić information content (AvgIpc) is 3.11. The molecule has 0 radical (unpaired) electrons. The van der Waals surface area contributed by atoms with Crippen molar-refractivity contribution in [3.05, 3.63) is 58.0 Å². The van der Waals surface area contributed by atoms with Gasteiger partial charge in [0.25, 0.3) is 5.69 Å². The first-order chi connectivity index (χ1) is 11.1. The summed E-state index contributed by atoms with van der Waals surface area (Å²) in [5, 5.41) is 19.4. The van der Waals surface area contributed by atoms with Crippen LogP contribution in [0.2, 0.25) is 0 Å². The van der Waals surface area contributed by atoms with E-state index in [1.807, 2.05) is 13.0 Å². The SMILES string of the molecule is Cc1occc1-c1nnc(SCc2cccc([N+](=O)[O-])c2)n1N. The van der Waals surface area contributed by atoms with E-state index in [9.17, 15) is 10.1 Å². The van der Waals surface area contributed by atoms with Gasteiger partial charge in [0.05, 0.1) is 16.7 Å². The lowest BCUT2D eigenvalue weighted by atomic mass is 10.2. The molecule has 0 saturated carbocycles. The lowest BCUT2D eigenvalue weighted by Gasteiger charge is -2.03. The Morgan fingerprint density at radius 1 is 1.39 bits per heavy atom. The summed E-state index contributed by atoms with van der Waals surface area (Å²) >= 11 is 1.36. The molecule has 3 aromatic rings. The second kappa shape index (κ2) is 6.13. The average molecular weight is 331 g/mol. The molecule has 3 rings (SSSR count). The summed E-state index contributed by atoms with van der Waals surface area (Å²) in [4.78, 5) is 10.4. The van der Waals surface area contributed by atoms with E-state index >= 15 is 0 Å². The van der Waals surface area contributed by atoms with Gasteiger partial charge < -0.3 is 10.3 Å². The Bertz CT molecular complexity index is 858. The van der Waals surface area contributed by atoms with Crippen LogP contribution >= 0.6 is 11.8 Å². The Kier molecular flexibility index (Phi) is 4.02. The predicted molar refractivity (Wildman–Crippen MR) is 85.3 cm³/mol. The number of nitro groups is 1. The number of hydrogen-bond acceptors (Lipinski definition) is 7. The van der Waals surface area contributed by atoms with Crippen molar-refractivity contribution in [2.45, 2.75) is 17.8 Å². The molecule has 0 aliphatic carbocycles. The molecule has 118 valence electrons. The topological polar surface area (TPSA) is 113 Å². The molecule has 2 N–H and O–H groups in total. The van der Waals surface area contributed by atoms with Gasteiger partial charge in [0.15, 0.2) is 5.82 Å². The molecule has 8 nitrogen and oxygen atoms in total. The molecule has 2 aromatic heterocycles. The van der Waals surface area contributed by atoms with E-state index in [-0.39, 0.29) is 5.69 Å². The number of hydrogen-bond donors (Lipinski definition) is 1. The van der Waals surface area contributed by atoms with E-state index < -0.39 is 4.92 Å². The number of benzene rings is 1. The smallest absolute Gasteiger partial charge is 0.269 e. The minimum absolute atomic E-state index is 0.0621. The third kappa shape index (κ3) is 3.04. The molecule has 0 saturated heterocycles. The highest BCUT2D eigenvalue weighted by Gasteiger charge is 2.16. The molecule has 0 aliphatic rings. The summed E-state index contributed by atoms with van der Waals surface area (Å²) in [7, 11) is 0. The first-order valence-corrected chi connectivity index (χ1v) is 7.66. The maximum atomic E-state index is 10.8. The van der Waals surface area contributed by atoms with Crippen LogP contribution in [0.4, 0.5) is 5.69 Å². The van der Waals surface area contributed by atoms with Gasteiger partial charge in [-0.15, -0.1) is 10.2 Å². The maximum absolute atomic E-state index is 10.8. The van der Waals surface area contributed by atoms with Crippen molar-refractivity contribution in [3.8, 4) is 11.4 Å². The molecule has 0 amide bonds. The summed E-state index contributed by atoms with van der Waals surface area (Å²) < 4.78 is 6.63. The van der Waals surface area contributed by atoms with E-state index in [1.54, 1.807) is 18.4 Å². The number of non-ortho nitro benzene ring substituents is 1. The zero-order valence-electron chi connectivity index (χ0n) is 12.2. The van der Waals surface area contributed by atoms with Crippen molar-refractivity contribution in [1.82, 2.24) is 14.9 Å². The number of thioether (sulfide) groups is 1. The molecule has 1 aromatic carbocycles. The monoisotopic (exact) mass is 331 g/mol. The predicted octanol–water partition coefficient (Wildman–Crippen LogP) is 2.76. The van der Waals surface area contributed by atoms with E-state index in [1.165, 1.54) is 28.6 Å². The van der Waals surface area contributed by atoms with Crippen molar-refractivity contribution in [1.29, 1.82) is 0 Å². The lowest BCUT2D eigenvalue weighted by molar-refractivity contribution is -0.384. The van der Waals surface area contributed by atoms with Crippen LogP contribution in [0.3, 0.4) is 0 Å². The zero-order chi connectivity index (χ0) is 16.4. The van der Waals surface area contributed by atoms with Gasteiger partial charge in [0, 0.05) is 17.9 Å². The van der Waals surface area contributed by atoms with E-state index in [4.69, 9.17) is 10.3 Å². The molecule has 0 unspecified atom stereocenters. The fourth-order valence-electron chi connectivity index (χ4n) is 2.08. The number of nitrogen functional groups attached to an aromatic ring is 1. The number of furan rings is 1. The van der Waals surface area contributed by atoms with Crippen LogP contribution in [-0.2, 0) is 5.75 Å². The third-order valence-corrected chi connectivity index (χ3v) is 4.27. The van der Waals surface area contributed by atoms with Gasteiger partial charge in [-0.05, 0) is 18.6 Å². The van der Waals surface area contributed by atoms with Crippen LogP contribution in [0, 0.1) is 17.0 Å². The normalized spacial score (nSPS) is 10.8. The highest BCUT2D eigenvalue weighted by molar-refractivity contribution is 7.98. The summed E-state index contributed by atoms with van der Waals surface area (Å²) in [5.41, 5.74) is 1.66. The number of rotatable bonds is 5. The van der Waals surface area contributed by atoms with Crippen LogP contribution < -0.4 is 5.84 Å². The van der Waals surface area contributed by atoms with Gasteiger partial charge in [-0.25, -0.2) is 4.68 Å². The second-order valence-corrected chi connectivity index (χ2v) is 5.72. The second-order valence-electron chi connectivity index (χ2n) is 4.78. The first-order valence-electron chi connectivity index (χ1n) is 6.67. The highest BCUT2D eigenvalue weighted by atomic mass is 32.2. The Hall–Kier alpha value is -2.81. The van der Waals surface area contributed by atoms with Crippen molar-refractivity contribution >= 4 is 17.4 Å². The van der Waals surface area contributed by atoms with Crippen LogP contribution in [0.25, 0.3) is 11.4 Å². The van der Waals surface area contributed by atoms with E-state index in [2.05, 4.69) is 10.2 Å². The van der Waals surface area contributed by atoms with Crippen molar-refractivity contribution in [3.63, 3.8) is 0 Å². The number of nitrogens with zero attached hydrogens (tertiary/aromatic N) is 4. The Balaban J connectivity index is 1.77. The molecular weight excluding hydrogens is 318 g/mol. The Labute approximate surface area is 135 Å². The van der Waals surface area contributed by atoms with Crippen LogP contribution in [0.5, 0.6) is 0 Å². The zero-order valence-corrected chi connectivity index (χ0v) is 13.0. The summed E-state index contributed by atoms with van der Waals surface area (Å²) in [6, 6.07) is 8.24. The molecule has 23 heavy (non-hydrogen) atoms. The fourth-order valence-corrected chi connectivity index (χ4v) is 2.88. The van der Waals surface area contributed by atoms with Gasteiger partial charge >= 0.3 is 0 Å². The third-order valence-electron chi connectivity index (χ3n) is 3.25. The maximum Gasteiger partial charge on any atom is 0.269 e. The highest BCUT2D eigenvalue weighted by Crippen LogP contribution is 2.27. The summed E-state index contributed by atoms with van der Waals surface area (Å²) in [5.74, 6) is 7.75. The van der Waals surface area contributed by atoms with Gasteiger partial charge in [-0.1, -0.05) is 23.9 Å². The summed E-state index contributed by atoms with van der Waals surface area (Å²) in [6.07, 6.45) is 1.56. The standard InChI is InChI=1S/C14H13N5O3S/c1-9-12(5-6-22-9)13-16-17-14(18(13)15)23-8-10-3-2-4-11(7-10)19(20)21/h2-7H,8,15H2,1H3. The molecule has 0 atom stereocenters. The van der Waals surface area contributed by atoms with Gasteiger partial charge in [-0.2, -0.15) is 0 Å². The Morgan fingerprint density at radius 3 is 2.91 bits per heavy atom. The largest absolute Gasteiger partial charge is 0.469 e. The molecule has 0 spiro atoms.